The van der Waals surface area contributed by atoms with Gasteiger partial charge in [0, 0.05) is 19.7 Å². The van der Waals surface area contributed by atoms with E-state index in [4.69, 9.17) is 5.73 Å². The van der Waals surface area contributed by atoms with Crippen molar-refractivity contribution in [2.24, 2.45) is 0 Å². The minimum Gasteiger partial charge on any atom is -0.382 e. The van der Waals surface area contributed by atoms with Gasteiger partial charge >= 0.3 is 6.18 Å². The predicted octanol–water partition coefficient (Wildman–Crippen LogP) is 1.57. The van der Waals surface area contributed by atoms with Crippen LogP contribution in [0.5, 0.6) is 0 Å². The second-order valence-corrected chi connectivity index (χ2v) is 4.02. The molecule has 19 heavy (non-hydrogen) atoms. The van der Waals surface area contributed by atoms with Crippen molar-refractivity contribution >= 4 is 17.2 Å². The summed E-state index contributed by atoms with van der Waals surface area (Å²) in [6.45, 7) is 1.47. The zero-order valence-corrected chi connectivity index (χ0v) is 9.95. The van der Waals surface area contributed by atoms with Crippen LogP contribution in [0.15, 0.2) is 18.3 Å². The van der Waals surface area contributed by atoms with Crippen LogP contribution in [0.4, 0.5) is 19.0 Å². The molecule has 8 heteroatoms. The van der Waals surface area contributed by atoms with Crippen molar-refractivity contribution in [3.8, 4) is 0 Å². The van der Waals surface area contributed by atoms with E-state index >= 15 is 0 Å². The molecular weight excluding hydrogens is 261 g/mol. The van der Waals surface area contributed by atoms with E-state index in [1.807, 2.05) is 0 Å². The minimum absolute atomic E-state index is 0.140. The van der Waals surface area contributed by atoms with Crippen LogP contribution in [0.25, 0.3) is 5.52 Å². The van der Waals surface area contributed by atoms with Gasteiger partial charge in [0.2, 0.25) is 11.7 Å². The number of nitrogens with zero attached hydrogens (tertiary/aromatic N) is 2. The van der Waals surface area contributed by atoms with Crippen molar-refractivity contribution in [3.05, 3.63) is 29.7 Å². The number of halogens is 3. The number of carbonyl (C=O) groups excluding carboxylic acids is 1. The Morgan fingerprint density at radius 1 is 1.47 bits per heavy atom. The molecule has 0 radical (unpaired) electrons. The molecule has 0 aliphatic carbocycles. The SMILES string of the molecule is CC(=O)NCc1ccc2c(N)nc(C(F)(F)F)n2c1. The first kappa shape index (κ1) is 13.2. The number of aromatic nitrogens is 2. The summed E-state index contributed by atoms with van der Waals surface area (Å²) in [4.78, 5) is 14.1. The zero-order chi connectivity index (χ0) is 14.2. The standard InChI is InChI=1S/C11H11F3N4O/c1-6(19)16-4-7-2-3-8-9(15)17-10(11(12,13)14)18(8)5-7/h2-3,5H,4,15H2,1H3,(H,16,19). The molecule has 2 aromatic heterocycles. The van der Waals surface area contributed by atoms with E-state index in [-0.39, 0.29) is 23.8 Å². The van der Waals surface area contributed by atoms with Gasteiger partial charge in [-0.15, -0.1) is 0 Å². The first-order chi connectivity index (χ1) is 8.79. The second kappa shape index (κ2) is 4.45. The summed E-state index contributed by atoms with van der Waals surface area (Å²) >= 11 is 0. The van der Waals surface area contributed by atoms with E-state index in [0.717, 1.165) is 4.40 Å². The largest absolute Gasteiger partial charge is 0.450 e. The molecule has 0 unspecified atom stereocenters. The molecule has 1 amide bonds. The van der Waals surface area contributed by atoms with Gasteiger partial charge in [-0.1, -0.05) is 6.07 Å². The Bertz CT molecular complexity index is 633. The average Bonchev–Trinajstić information content (AvgIpc) is 2.64. The molecule has 0 saturated heterocycles. The van der Waals surface area contributed by atoms with Crippen molar-refractivity contribution in [2.75, 3.05) is 5.73 Å². The molecule has 0 saturated carbocycles. The summed E-state index contributed by atoms with van der Waals surface area (Å²) in [7, 11) is 0. The van der Waals surface area contributed by atoms with Gasteiger partial charge in [0.15, 0.2) is 0 Å². The number of hydrogen-bond donors (Lipinski definition) is 2. The van der Waals surface area contributed by atoms with Crippen molar-refractivity contribution in [3.63, 3.8) is 0 Å². The van der Waals surface area contributed by atoms with Gasteiger partial charge < -0.3 is 11.1 Å². The predicted molar refractivity (Wildman–Crippen MR) is 62.1 cm³/mol. The maximum Gasteiger partial charge on any atom is 0.450 e. The highest BCUT2D eigenvalue weighted by Crippen LogP contribution is 2.31. The zero-order valence-electron chi connectivity index (χ0n) is 9.95. The summed E-state index contributed by atoms with van der Waals surface area (Å²) < 4.78 is 39.2. The lowest BCUT2D eigenvalue weighted by Crippen LogP contribution is -2.19. The molecule has 0 aromatic carbocycles. The van der Waals surface area contributed by atoms with Crippen molar-refractivity contribution in [2.45, 2.75) is 19.6 Å². The van der Waals surface area contributed by atoms with Crippen LogP contribution in [0, 0.1) is 0 Å². The number of nitrogen functional groups attached to an aromatic ring is 1. The average molecular weight is 272 g/mol. The molecule has 2 rings (SSSR count). The Morgan fingerprint density at radius 3 is 2.74 bits per heavy atom. The summed E-state index contributed by atoms with van der Waals surface area (Å²) in [5.74, 6) is -1.52. The van der Waals surface area contributed by atoms with Gasteiger partial charge in [0.1, 0.15) is 5.82 Å². The third-order valence-corrected chi connectivity index (χ3v) is 2.52. The number of imidazole rings is 1. The van der Waals surface area contributed by atoms with Gasteiger partial charge in [-0.3, -0.25) is 9.20 Å². The number of pyridine rings is 1. The van der Waals surface area contributed by atoms with Crippen molar-refractivity contribution in [1.29, 1.82) is 0 Å². The molecule has 0 bridgehead atoms. The number of anilines is 1. The Hall–Kier alpha value is -2.25. The van der Waals surface area contributed by atoms with Gasteiger partial charge in [-0.2, -0.15) is 13.2 Å². The van der Waals surface area contributed by atoms with E-state index < -0.39 is 12.0 Å². The molecule has 0 aliphatic rings. The molecule has 3 N–H and O–H groups in total. The molecule has 0 atom stereocenters. The Balaban J connectivity index is 2.48. The smallest absolute Gasteiger partial charge is 0.382 e. The highest BCUT2D eigenvalue weighted by Gasteiger charge is 2.36. The monoisotopic (exact) mass is 272 g/mol. The molecule has 0 spiro atoms. The fourth-order valence-corrected chi connectivity index (χ4v) is 1.69. The van der Waals surface area contributed by atoms with E-state index in [9.17, 15) is 18.0 Å². The Labute approximate surface area is 106 Å². The van der Waals surface area contributed by atoms with E-state index in [2.05, 4.69) is 10.3 Å². The minimum atomic E-state index is -4.59. The molecule has 0 fully saturated rings. The van der Waals surface area contributed by atoms with E-state index in [1.165, 1.54) is 19.2 Å². The number of fused-ring (bicyclic) bond motifs is 1. The van der Waals surface area contributed by atoms with Gasteiger partial charge in [0.25, 0.3) is 0 Å². The Kier molecular flexibility index (Phi) is 3.09. The number of nitrogens with two attached hydrogens (primary N) is 1. The molecule has 2 aromatic rings. The van der Waals surface area contributed by atoms with Gasteiger partial charge in [-0.25, -0.2) is 4.98 Å². The number of nitrogens with one attached hydrogen (secondary N) is 1. The molecule has 0 aliphatic heterocycles. The maximum absolute atomic E-state index is 12.8. The third kappa shape index (κ3) is 2.61. The van der Waals surface area contributed by atoms with Crippen LogP contribution in [0.3, 0.4) is 0 Å². The lowest BCUT2D eigenvalue weighted by Gasteiger charge is -2.07. The maximum atomic E-state index is 12.8. The summed E-state index contributed by atoms with van der Waals surface area (Å²) in [5, 5.41) is 2.51. The molecular formula is C11H11F3N4O. The molecule has 2 heterocycles. The molecule has 102 valence electrons. The number of rotatable bonds is 2. The Morgan fingerprint density at radius 2 is 2.16 bits per heavy atom. The van der Waals surface area contributed by atoms with Crippen LogP contribution >= 0.6 is 0 Å². The molecule has 5 nitrogen and oxygen atoms in total. The van der Waals surface area contributed by atoms with E-state index in [0.29, 0.717) is 5.56 Å². The van der Waals surface area contributed by atoms with Crippen LogP contribution in [0.2, 0.25) is 0 Å². The number of amides is 1. The summed E-state index contributed by atoms with van der Waals surface area (Å²) in [6.07, 6.45) is -3.33. The summed E-state index contributed by atoms with van der Waals surface area (Å²) in [5.41, 5.74) is 6.14. The van der Waals surface area contributed by atoms with Crippen LogP contribution in [-0.2, 0) is 17.5 Å². The van der Waals surface area contributed by atoms with Crippen LogP contribution < -0.4 is 11.1 Å². The van der Waals surface area contributed by atoms with Gasteiger partial charge in [0.05, 0.1) is 5.52 Å². The summed E-state index contributed by atoms with van der Waals surface area (Å²) in [6, 6.07) is 3.03. The highest BCUT2D eigenvalue weighted by molar-refractivity contribution is 5.73. The first-order valence-electron chi connectivity index (χ1n) is 5.37. The third-order valence-electron chi connectivity index (χ3n) is 2.52. The van der Waals surface area contributed by atoms with Crippen molar-refractivity contribution in [1.82, 2.24) is 14.7 Å². The van der Waals surface area contributed by atoms with Gasteiger partial charge in [-0.05, 0) is 11.6 Å². The second-order valence-electron chi connectivity index (χ2n) is 4.02. The highest BCUT2D eigenvalue weighted by atomic mass is 19.4. The van der Waals surface area contributed by atoms with Crippen LogP contribution in [0.1, 0.15) is 18.3 Å². The van der Waals surface area contributed by atoms with Crippen LogP contribution in [-0.4, -0.2) is 15.3 Å². The fourth-order valence-electron chi connectivity index (χ4n) is 1.69. The quantitative estimate of drug-likeness (QED) is 0.871. The fraction of sp³-hybridized carbons (Fsp3) is 0.273. The van der Waals surface area contributed by atoms with E-state index in [1.54, 1.807) is 6.07 Å². The number of alkyl halides is 3. The topological polar surface area (TPSA) is 72.4 Å². The number of hydrogen-bond acceptors (Lipinski definition) is 3. The lowest BCUT2D eigenvalue weighted by atomic mass is 10.2. The normalized spacial score (nSPS) is 11.8. The lowest BCUT2D eigenvalue weighted by molar-refractivity contribution is -0.145. The first-order valence-corrected chi connectivity index (χ1v) is 5.37. The number of carbonyl (C=O) groups is 1. The van der Waals surface area contributed by atoms with Crippen molar-refractivity contribution < 1.29 is 18.0 Å².